The summed E-state index contributed by atoms with van der Waals surface area (Å²) in [6.45, 7) is 3.49. The molecule has 6 nitrogen and oxygen atoms in total. The van der Waals surface area contributed by atoms with Gasteiger partial charge in [-0.05, 0) is 22.2 Å². The number of ketones is 1. The second kappa shape index (κ2) is 21.3. The molecule has 0 fully saturated rings. The van der Waals surface area contributed by atoms with Crippen LogP contribution in [0.1, 0.15) is 142 Å². The summed E-state index contributed by atoms with van der Waals surface area (Å²) in [5.41, 5.74) is -2.21. The van der Waals surface area contributed by atoms with Crippen LogP contribution in [0, 0.1) is 0 Å². The molecule has 7 heteroatoms. The van der Waals surface area contributed by atoms with Gasteiger partial charge in [0, 0.05) is 12.8 Å². The van der Waals surface area contributed by atoms with E-state index < -0.39 is 29.8 Å². The number of unbranched alkanes of at least 4 members (excludes halogenated alkanes) is 16. The third-order valence-electron chi connectivity index (χ3n) is 6.73. The van der Waals surface area contributed by atoms with Gasteiger partial charge in [-0.15, -0.1) is 0 Å². The standard InChI is InChI=1S/C27H52NO5P/c1-3-5-7-9-11-13-15-17-19-21-24(30)27(23-29,26(32)33)28(34)25(31)22-20-18-16-14-12-10-8-6-4-2/h29H,3-23,34H2,1-2H3,(H,32,33). The summed E-state index contributed by atoms with van der Waals surface area (Å²) in [4.78, 5) is 37.6. The van der Waals surface area contributed by atoms with Crippen molar-refractivity contribution in [3.05, 3.63) is 0 Å². The van der Waals surface area contributed by atoms with Gasteiger partial charge in [-0.1, -0.05) is 117 Å². The molecule has 0 rings (SSSR count). The van der Waals surface area contributed by atoms with Crippen LogP contribution < -0.4 is 0 Å². The number of aliphatic carboxylic acids is 1. The molecule has 0 radical (unpaired) electrons. The Labute approximate surface area is 210 Å². The minimum atomic E-state index is -2.21. The van der Waals surface area contributed by atoms with Gasteiger partial charge in [-0.25, -0.2) is 4.79 Å². The molecule has 0 aromatic heterocycles. The van der Waals surface area contributed by atoms with Crippen molar-refractivity contribution in [2.75, 3.05) is 6.61 Å². The van der Waals surface area contributed by atoms with Gasteiger partial charge in [0.25, 0.3) is 0 Å². The molecular formula is C27H52NO5P. The Balaban J connectivity index is 4.42. The minimum absolute atomic E-state index is 0.0545. The van der Waals surface area contributed by atoms with Crippen LogP contribution in [0.3, 0.4) is 0 Å². The normalized spacial score (nSPS) is 12.9. The molecule has 0 aliphatic rings. The lowest BCUT2D eigenvalue weighted by molar-refractivity contribution is -0.161. The van der Waals surface area contributed by atoms with Crippen molar-refractivity contribution < 1.29 is 24.6 Å². The number of carboxylic acid groups (broad SMARTS) is 1. The molecule has 2 N–H and O–H groups in total. The lowest BCUT2D eigenvalue weighted by Crippen LogP contribution is -2.60. The Bertz CT molecular complexity index is 557. The summed E-state index contributed by atoms with van der Waals surface area (Å²) < 4.78 is 0.899. The molecule has 0 heterocycles. The number of nitrogens with zero attached hydrogens (tertiary/aromatic N) is 1. The summed E-state index contributed by atoms with van der Waals surface area (Å²) in [5, 5.41) is 19.7. The van der Waals surface area contributed by atoms with Gasteiger partial charge in [0.15, 0.2) is 5.78 Å². The zero-order valence-corrected chi connectivity index (χ0v) is 23.1. The third kappa shape index (κ3) is 13.2. The first-order valence-electron chi connectivity index (χ1n) is 13.8. The van der Waals surface area contributed by atoms with Crippen LogP contribution in [0.4, 0.5) is 0 Å². The van der Waals surface area contributed by atoms with E-state index in [1.807, 2.05) is 0 Å². The first kappa shape index (κ1) is 33.0. The van der Waals surface area contributed by atoms with E-state index in [1.165, 1.54) is 64.2 Å². The molecule has 0 aromatic rings. The molecule has 2 atom stereocenters. The maximum Gasteiger partial charge on any atom is 0.340 e. The van der Waals surface area contributed by atoms with E-state index in [1.54, 1.807) is 0 Å². The van der Waals surface area contributed by atoms with Gasteiger partial charge in [-0.3, -0.25) is 9.59 Å². The van der Waals surface area contributed by atoms with E-state index in [-0.39, 0.29) is 12.8 Å². The summed E-state index contributed by atoms with van der Waals surface area (Å²) in [6, 6.07) is 0. The van der Waals surface area contributed by atoms with E-state index in [2.05, 4.69) is 23.2 Å². The molecular weight excluding hydrogens is 449 g/mol. The molecule has 0 saturated carbocycles. The molecule has 200 valence electrons. The van der Waals surface area contributed by atoms with Crippen molar-refractivity contribution in [2.45, 2.75) is 148 Å². The fourth-order valence-electron chi connectivity index (χ4n) is 4.31. The number of hydrogen-bond donors (Lipinski definition) is 2. The van der Waals surface area contributed by atoms with Gasteiger partial charge in [0.1, 0.15) is 0 Å². The van der Waals surface area contributed by atoms with Crippen molar-refractivity contribution in [1.29, 1.82) is 0 Å². The van der Waals surface area contributed by atoms with Crippen molar-refractivity contribution >= 4 is 27.1 Å². The monoisotopic (exact) mass is 501 g/mol. The first-order chi connectivity index (χ1) is 16.4. The molecule has 0 aliphatic heterocycles. The Kier molecular flexibility index (Phi) is 20.7. The van der Waals surface area contributed by atoms with Crippen LogP contribution in [0.5, 0.6) is 0 Å². The van der Waals surface area contributed by atoms with Gasteiger partial charge < -0.3 is 14.9 Å². The number of carbonyl (C=O) groups is 3. The van der Waals surface area contributed by atoms with Crippen LogP contribution >= 0.6 is 9.39 Å². The topological polar surface area (TPSA) is 94.9 Å². The summed E-state index contributed by atoms with van der Waals surface area (Å²) in [5.74, 6) is -2.49. The zero-order valence-electron chi connectivity index (χ0n) is 22.0. The zero-order chi connectivity index (χ0) is 25.7. The van der Waals surface area contributed by atoms with Crippen molar-refractivity contribution in [1.82, 2.24) is 4.67 Å². The van der Waals surface area contributed by atoms with Crippen LogP contribution in [0.15, 0.2) is 0 Å². The number of hydrogen-bond acceptors (Lipinski definition) is 4. The summed E-state index contributed by atoms with van der Waals surface area (Å²) >= 11 is 0. The van der Waals surface area contributed by atoms with Crippen LogP contribution in [0.25, 0.3) is 0 Å². The van der Waals surface area contributed by atoms with E-state index >= 15 is 0 Å². The SMILES string of the molecule is CCCCCCCCCCCC(=O)N(P)C(CO)(C(=O)O)C(=O)CCCCCCCCCCC. The largest absolute Gasteiger partial charge is 0.479 e. The number of aliphatic hydroxyl groups excluding tert-OH is 1. The lowest BCUT2D eigenvalue weighted by Gasteiger charge is -2.35. The second-order valence-corrected chi connectivity index (χ2v) is 10.2. The fourth-order valence-corrected chi connectivity index (χ4v) is 4.78. The highest BCUT2D eigenvalue weighted by molar-refractivity contribution is 7.15. The summed E-state index contributed by atoms with van der Waals surface area (Å²) in [7, 11) is 2.09. The Morgan fingerprint density at radius 2 is 1.00 bits per heavy atom. The van der Waals surface area contributed by atoms with E-state index in [4.69, 9.17) is 0 Å². The molecule has 2 unspecified atom stereocenters. The molecule has 0 bridgehead atoms. The van der Waals surface area contributed by atoms with Crippen molar-refractivity contribution in [3.63, 3.8) is 0 Å². The Morgan fingerprint density at radius 3 is 1.35 bits per heavy atom. The molecule has 1 amide bonds. The molecule has 0 saturated heterocycles. The quantitative estimate of drug-likeness (QED) is 0.0858. The minimum Gasteiger partial charge on any atom is -0.479 e. The van der Waals surface area contributed by atoms with Crippen LogP contribution in [-0.2, 0) is 14.4 Å². The van der Waals surface area contributed by atoms with Gasteiger partial charge in [-0.2, -0.15) is 0 Å². The number of rotatable bonds is 24. The van der Waals surface area contributed by atoms with Gasteiger partial charge >= 0.3 is 5.97 Å². The highest BCUT2D eigenvalue weighted by atomic mass is 31.0. The van der Waals surface area contributed by atoms with E-state index in [9.17, 15) is 24.6 Å². The molecule has 34 heavy (non-hydrogen) atoms. The predicted octanol–water partition coefficient (Wildman–Crippen LogP) is 6.83. The highest BCUT2D eigenvalue weighted by Gasteiger charge is 2.50. The first-order valence-corrected chi connectivity index (χ1v) is 14.3. The number of amides is 1. The maximum absolute atomic E-state index is 12.9. The number of carbonyl (C=O) groups excluding carboxylic acids is 2. The summed E-state index contributed by atoms with van der Waals surface area (Å²) in [6.07, 6.45) is 20.0. The Morgan fingerprint density at radius 1 is 0.647 bits per heavy atom. The molecule has 0 spiro atoms. The van der Waals surface area contributed by atoms with Gasteiger partial charge in [0.05, 0.1) is 6.61 Å². The second-order valence-electron chi connectivity index (χ2n) is 9.67. The fraction of sp³-hybridized carbons (Fsp3) is 0.889. The third-order valence-corrected chi connectivity index (χ3v) is 7.45. The van der Waals surface area contributed by atoms with Crippen molar-refractivity contribution in [2.24, 2.45) is 0 Å². The average molecular weight is 502 g/mol. The highest BCUT2D eigenvalue weighted by Crippen LogP contribution is 2.26. The number of aliphatic hydroxyl groups is 1. The molecule has 0 aliphatic carbocycles. The predicted molar refractivity (Wildman–Crippen MR) is 143 cm³/mol. The van der Waals surface area contributed by atoms with Crippen LogP contribution in [-0.4, -0.2) is 44.7 Å². The molecule has 0 aromatic carbocycles. The van der Waals surface area contributed by atoms with E-state index in [0.717, 1.165) is 43.2 Å². The van der Waals surface area contributed by atoms with Crippen LogP contribution in [0.2, 0.25) is 0 Å². The average Bonchev–Trinajstić information content (AvgIpc) is 2.82. The lowest BCUT2D eigenvalue weighted by atomic mass is 9.90. The smallest absolute Gasteiger partial charge is 0.340 e. The number of Topliss-reactive ketones (excluding diaryl/α,β-unsaturated/α-hetero) is 1. The maximum atomic E-state index is 12.9. The van der Waals surface area contributed by atoms with E-state index in [0.29, 0.717) is 12.8 Å². The van der Waals surface area contributed by atoms with Crippen molar-refractivity contribution in [3.8, 4) is 0 Å². The Hall–Kier alpha value is -1.00. The number of carboxylic acids is 1. The van der Waals surface area contributed by atoms with Gasteiger partial charge in [0.2, 0.25) is 11.4 Å².